The summed E-state index contributed by atoms with van der Waals surface area (Å²) >= 11 is 0. The van der Waals surface area contributed by atoms with E-state index in [1.54, 1.807) is 0 Å². The van der Waals surface area contributed by atoms with E-state index >= 15 is 0 Å². The van der Waals surface area contributed by atoms with Gasteiger partial charge in [0, 0.05) is 19.5 Å². The quantitative estimate of drug-likeness (QED) is 0.282. The summed E-state index contributed by atoms with van der Waals surface area (Å²) in [5.74, 6) is 0.268. The number of rotatable bonds is 12. The van der Waals surface area contributed by atoms with Gasteiger partial charge in [0.25, 0.3) is 0 Å². The van der Waals surface area contributed by atoms with Gasteiger partial charge in [-0.15, -0.1) is 25.6 Å². The lowest BCUT2D eigenvalue weighted by Crippen LogP contribution is -2.18. The summed E-state index contributed by atoms with van der Waals surface area (Å²) in [6, 6.07) is 0. The van der Waals surface area contributed by atoms with Crippen molar-refractivity contribution in [2.45, 2.75) is 46.0 Å². The number of allylic oxidation sites excluding steroid dienone is 4. The van der Waals surface area contributed by atoms with E-state index < -0.39 is 0 Å². The molecule has 22 heavy (non-hydrogen) atoms. The van der Waals surface area contributed by atoms with E-state index in [1.807, 2.05) is 19.1 Å². The molecular weight excluding hydrogens is 294 g/mol. The third kappa shape index (κ3) is 12.6. The minimum Gasteiger partial charge on any atom is -0.299 e. The lowest BCUT2D eigenvalue weighted by Gasteiger charge is -2.11. The molecule has 3 heteroatoms. The number of unbranched alkanes of at least 4 members (excludes halogenated alkanes) is 1. The molecule has 0 aromatic rings. The van der Waals surface area contributed by atoms with Gasteiger partial charge in [-0.1, -0.05) is 29.9 Å². The molecule has 0 rings (SSSR count). The number of halogens is 1. The first-order valence-electron chi connectivity index (χ1n) is 7.77. The van der Waals surface area contributed by atoms with Gasteiger partial charge in [0.05, 0.1) is 0 Å². The molecule has 0 saturated heterocycles. The first kappa shape index (κ1) is 23.2. The molecule has 0 radical (unpaired) electrons. The highest BCUT2D eigenvalue weighted by molar-refractivity contribution is 5.94. The molecule has 0 N–H and O–H groups in total. The SMILES string of the molecule is C=CCCCC(=O)C(C)=CCCC(C)=CCN(C)CC=C.Cl. The van der Waals surface area contributed by atoms with Gasteiger partial charge in [-0.2, -0.15) is 0 Å². The topological polar surface area (TPSA) is 20.3 Å². The highest BCUT2D eigenvalue weighted by Crippen LogP contribution is 2.10. The predicted octanol–water partition coefficient (Wildman–Crippen LogP) is 5.12. The van der Waals surface area contributed by atoms with Crippen LogP contribution in [-0.4, -0.2) is 30.8 Å². The predicted molar refractivity (Wildman–Crippen MR) is 101 cm³/mol. The van der Waals surface area contributed by atoms with Crippen LogP contribution in [-0.2, 0) is 4.79 Å². The fourth-order valence-corrected chi connectivity index (χ4v) is 1.94. The molecule has 0 heterocycles. The van der Waals surface area contributed by atoms with E-state index in [-0.39, 0.29) is 18.2 Å². The third-order valence-electron chi connectivity index (χ3n) is 3.43. The summed E-state index contributed by atoms with van der Waals surface area (Å²) in [7, 11) is 2.08. The summed E-state index contributed by atoms with van der Waals surface area (Å²) in [5.41, 5.74) is 2.27. The highest BCUT2D eigenvalue weighted by atomic mass is 35.5. The molecule has 0 aromatic heterocycles. The van der Waals surface area contributed by atoms with Crippen LogP contribution >= 0.6 is 12.4 Å². The Kier molecular flexibility index (Phi) is 15.6. The summed E-state index contributed by atoms with van der Waals surface area (Å²) in [6.45, 7) is 13.3. The molecule has 0 fully saturated rings. The first-order valence-corrected chi connectivity index (χ1v) is 7.77. The van der Waals surface area contributed by atoms with Crippen molar-refractivity contribution >= 4 is 18.2 Å². The van der Waals surface area contributed by atoms with Crippen molar-refractivity contribution in [3.63, 3.8) is 0 Å². The monoisotopic (exact) mass is 325 g/mol. The van der Waals surface area contributed by atoms with Crippen LogP contribution in [0.1, 0.15) is 46.0 Å². The van der Waals surface area contributed by atoms with Gasteiger partial charge in [0.15, 0.2) is 5.78 Å². The molecule has 0 aliphatic carbocycles. The average Bonchev–Trinajstić information content (AvgIpc) is 2.45. The molecule has 0 amide bonds. The normalized spacial score (nSPS) is 12.0. The smallest absolute Gasteiger partial charge is 0.158 e. The van der Waals surface area contributed by atoms with Crippen molar-refractivity contribution in [2.75, 3.05) is 20.1 Å². The molecule has 0 aliphatic heterocycles. The fourth-order valence-electron chi connectivity index (χ4n) is 1.94. The van der Waals surface area contributed by atoms with Gasteiger partial charge in [-0.25, -0.2) is 0 Å². The summed E-state index contributed by atoms with van der Waals surface area (Å²) in [5, 5.41) is 0. The van der Waals surface area contributed by atoms with Gasteiger partial charge in [0.2, 0.25) is 0 Å². The van der Waals surface area contributed by atoms with Gasteiger partial charge in [0.1, 0.15) is 0 Å². The van der Waals surface area contributed by atoms with Crippen molar-refractivity contribution in [1.82, 2.24) is 4.90 Å². The Hall–Kier alpha value is -1.12. The second kappa shape index (κ2) is 14.8. The second-order valence-corrected chi connectivity index (χ2v) is 5.59. The molecule has 0 spiro atoms. The zero-order chi connectivity index (χ0) is 16.1. The Morgan fingerprint density at radius 3 is 2.27 bits per heavy atom. The van der Waals surface area contributed by atoms with Crippen molar-refractivity contribution < 1.29 is 4.79 Å². The van der Waals surface area contributed by atoms with Crippen molar-refractivity contribution in [3.8, 4) is 0 Å². The lowest BCUT2D eigenvalue weighted by molar-refractivity contribution is -0.115. The fraction of sp³-hybridized carbons (Fsp3) is 0.526. The van der Waals surface area contributed by atoms with Gasteiger partial charge >= 0.3 is 0 Å². The van der Waals surface area contributed by atoms with E-state index in [0.29, 0.717) is 6.42 Å². The molecule has 0 saturated carbocycles. The maximum atomic E-state index is 11.8. The molecule has 126 valence electrons. The number of likely N-dealkylation sites (N-methyl/N-ethyl adjacent to an activating group) is 1. The van der Waals surface area contributed by atoms with Crippen LogP contribution < -0.4 is 0 Å². The van der Waals surface area contributed by atoms with Crippen LogP contribution in [0.5, 0.6) is 0 Å². The van der Waals surface area contributed by atoms with Crippen molar-refractivity contribution in [3.05, 3.63) is 48.6 Å². The lowest BCUT2D eigenvalue weighted by atomic mass is 10.0. The summed E-state index contributed by atoms with van der Waals surface area (Å²) in [4.78, 5) is 14.1. The number of hydrogen-bond donors (Lipinski definition) is 0. The van der Waals surface area contributed by atoms with Crippen LogP contribution in [0.3, 0.4) is 0 Å². The summed E-state index contributed by atoms with van der Waals surface area (Å²) in [6.07, 6.45) is 12.5. The number of nitrogens with zero attached hydrogens (tertiary/aromatic N) is 1. The zero-order valence-corrected chi connectivity index (χ0v) is 15.3. The Labute approximate surface area is 143 Å². The highest BCUT2D eigenvalue weighted by Gasteiger charge is 2.03. The second-order valence-electron chi connectivity index (χ2n) is 5.59. The molecule has 0 aromatic carbocycles. The minimum absolute atomic E-state index is 0. The van der Waals surface area contributed by atoms with Crippen molar-refractivity contribution in [1.29, 1.82) is 0 Å². The van der Waals surface area contributed by atoms with Crippen LogP contribution in [0.25, 0.3) is 0 Å². The Morgan fingerprint density at radius 1 is 1.00 bits per heavy atom. The number of ketones is 1. The van der Waals surface area contributed by atoms with E-state index in [4.69, 9.17) is 0 Å². The molecule has 0 aliphatic rings. The van der Waals surface area contributed by atoms with E-state index in [2.05, 4.69) is 44.2 Å². The standard InChI is InChI=1S/C19H31NO.ClH/c1-6-8-9-13-19(21)18(4)12-10-11-17(3)14-16-20(5)15-7-2;/h6-7,12,14H,1-2,8-11,13,15-16H2,3-5H3;1H. The molecule has 0 atom stereocenters. The van der Waals surface area contributed by atoms with Gasteiger partial charge < -0.3 is 0 Å². The third-order valence-corrected chi connectivity index (χ3v) is 3.43. The molecular formula is C19H32ClNO. The minimum atomic E-state index is 0. The van der Waals surface area contributed by atoms with Gasteiger partial charge in [-0.3, -0.25) is 9.69 Å². The number of hydrogen-bond acceptors (Lipinski definition) is 2. The van der Waals surface area contributed by atoms with Gasteiger partial charge in [-0.05, 0) is 52.2 Å². The number of carbonyl (C=O) groups is 1. The summed E-state index contributed by atoms with van der Waals surface area (Å²) < 4.78 is 0. The molecule has 0 unspecified atom stereocenters. The maximum absolute atomic E-state index is 11.8. The Bertz CT molecular complexity index is 396. The van der Waals surface area contributed by atoms with E-state index in [0.717, 1.165) is 44.3 Å². The van der Waals surface area contributed by atoms with Crippen LogP contribution in [0.2, 0.25) is 0 Å². The Morgan fingerprint density at radius 2 is 1.68 bits per heavy atom. The van der Waals surface area contributed by atoms with Crippen LogP contribution in [0.15, 0.2) is 48.6 Å². The molecule has 0 bridgehead atoms. The first-order chi connectivity index (χ1) is 10.0. The average molecular weight is 326 g/mol. The van der Waals surface area contributed by atoms with E-state index in [9.17, 15) is 4.79 Å². The number of carbonyl (C=O) groups excluding carboxylic acids is 1. The largest absolute Gasteiger partial charge is 0.299 e. The van der Waals surface area contributed by atoms with Crippen LogP contribution in [0, 0.1) is 0 Å². The van der Waals surface area contributed by atoms with E-state index in [1.165, 1.54) is 5.57 Å². The Balaban J connectivity index is 0. The maximum Gasteiger partial charge on any atom is 0.158 e. The zero-order valence-electron chi connectivity index (χ0n) is 14.4. The van der Waals surface area contributed by atoms with Crippen molar-refractivity contribution in [2.24, 2.45) is 0 Å². The molecule has 2 nitrogen and oxygen atoms in total. The number of Topliss-reactive ketones (excluding diaryl/α,β-unsaturated/α-hetero) is 1. The van der Waals surface area contributed by atoms with Crippen LogP contribution in [0.4, 0.5) is 0 Å².